The van der Waals surface area contributed by atoms with Crippen LogP contribution in [0.25, 0.3) is 6.08 Å². The Hall–Kier alpha value is -4.13. The van der Waals surface area contributed by atoms with Gasteiger partial charge in [-0.1, -0.05) is 12.1 Å². The minimum Gasteiger partial charge on any atom is -0.497 e. The maximum atomic E-state index is 12.6. The molecule has 3 aromatic rings. The molecule has 7 heteroatoms. The molecular weight excluding hydrogens is 386 g/mol. The molecule has 0 bridgehead atoms. The number of carbonyl (C=O) groups excluding carboxylic acids is 1. The van der Waals surface area contributed by atoms with Gasteiger partial charge in [-0.05, 0) is 53.6 Å². The Labute approximate surface area is 172 Å². The fourth-order valence-corrected chi connectivity index (χ4v) is 3.02. The predicted molar refractivity (Wildman–Crippen MR) is 110 cm³/mol. The summed E-state index contributed by atoms with van der Waals surface area (Å²) < 4.78 is 16.7. The molecule has 0 fully saturated rings. The molecule has 0 atom stereocenters. The molecule has 0 spiro atoms. The number of Topliss-reactive ketones (excluding diaryl/α,β-unsaturated/α-hetero) is 1. The molecule has 0 N–H and O–H groups in total. The molecule has 0 unspecified atom stereocenters. The van der Waals surface area contributed by atoms with E-state index in [-0.39, 0.29) is 23.8 Å². The fourth-order valence-electron chi connectivity index (χ4n) is 3.02. The first kappa shape index (κ1) is 19.2. The second kappa shape index (κ2) is 8.08. The Morgan fingerprint density at radius 3 is 2.57 bits per heavy atom. The van der Waals surface area contributed by atoms with Crippen molar-refractivity contribution in [2.45, 2.75) is 6.61 Å². The van der Waals surface area contributed by atoms with Crippen LogP contribution < -0.4 is 14.2 Å². The van der Waals surface area contributed by atoms with Crippen molar-refractivity contribution in [3.05, 3.63) is 99.3 Å². The molecule has 30 heavy (non-hydrogen) atoms. The number of ketones is 1. The molecule has 0 saturated heterocycles. The van der Waals surface area contributed by atoms with Crippen LogP contribution in [0.3, 0.4) is 0 Å². The molecule has 0 aliphatic carbocycles. The molecule has 0 amide bonds. The lowest BCUT2D eigenvalue weighted by Gasteiger charge is -2.07. The number of allylic oxidation sites excluding steroid dienone is 1. The highest BCUT2D eigenvalue weighted by molar-refractivity contribution is 6.14. The minimum atomic E-state index is -0.448. The molecular formula is C23H17NO6. The number of non-ortho nitro benzene ring substituents is 1. The van der Waals surface area contributed by atoms with Crippen molar-refractivity contribution >= 4 is 17.5 Å². The van der Waals surface area contributed by atoms with Gasteiger partial charge in [0.15, 0.2) is 5.76 Å². The number of hydrogen-bond acceptors (Lipinski definition) is 6. The summed E-state index contributed by atoms with van der Waals surface area (Å²) in [6.07, 6.45) is 1.67. The minimum absolute atomic E-state index is 0.0264. The van der Waals surface area contributed by atoms with Gasteiger partial charge in [-0.25, -0.2) is 0 Å². The third-order valence-electron chi connectivity index (χ3n) is 4.59. The zero-order valence-corrected chi connectivity index (χ0v) is 16.0. The van der Waals surface area contributed by atoms with Crippen molar-refractivity contribution < 1.29 is 23.9 Å². The highest BCUT2D eigenvalue weighted by atomic mass is 16.6. The van der Waals surface area contributed by atoms with E-state index in [1.54, 1.807) is 43.5 Å². The number of benzene rings is 3. The van der Waals surface area contributed by atoms with Crippen LogP contribution >= 0.6 is 0 Å². The van der Waals surface area contributed by atoms with E-state index in [4.69, 9.17) is 14.2 Å². The molecule has 1 aliphatic heterocycles. The summed E-state index contributed by atoms with van der Waals surface area (Å²) in [6.45, 7) is 0.233. The van der Waals surface area contributed by atoms with Gasteiger partial charge in [-0.15, -0.1) is 0 Å². The van der Waals surface area contributed by atoms with Crippen molar-refractivity contribution in [3.8, 4) is 17.2 Å². The fraction of sp³-hybridized carbons (Fsp3) is 0.0870. The molecule has 1 aliphatic rings. The van der Waals surface area contributed by atoms with Gasteiger partial charge < -0.3 is 14.2 Å². The Balaban J connectivity index is 1.47. The van der Waals surface area contributed by atoms with Crippen LogP contribution in [0.5, 0.6) is 17.2 Å². The Bertz CT molecular complexity index is 1150. The average molecular weight is 403 g/mol. The van der Waals surface area contributed by atoms with Crippen LogP contribution in [-0.2, 0) is 6.61 Å². The molecule has 7 nitrogen and oxygen atoms in total. The van der Waals surface area contributed by atoms with E-state index >= 15 is 0 Å². The van der Waals surface area contributed by atoms with Crippen LogP contribution in [0, 0.1) is 10.1 Å². The molecule has 0 saturated carbocycles. The van der Waals surface area contributed by atoms with Gasteiger partial charge in [-0.3, -0.25) is 14.9 Å². The van der Waals surface area contributed by atoms with Gasteiger partial charge in [0.1, 0.15) is 23.9 Å². The molecule has 3 aromatic carbocycles. The van der Waals surface area contributed by atoms with E-state index in [0.29, 0.717) is 22.8 Å². The summed E-state index contributed by atoms with van der Waals surface area (Å²) >= 11 is 0. The van der Waals surface area contributed by atoms with E-state index in [0.717, 1.165) is 11.1 Å². The SMILES string of the molecule is COc1cccc(C=C2Oc3cc(OCc4ccc([N+](=O)[O-])cc4)ccc3C2=O)c1. The van der Waals surface area contributed by atoms with Crippen LogP contribution in [0.2, 0.25) is 0 Å². The van der Waals surface area contributed by atoms with Gasteiger partial charge in [0.2, 0.25) is 5.78 Å². The van der Waals surface area contributed by atoms with Gasteiger partial charge >= 0.3 is 0 Å². The summed E-state index contributed by atoms with van der Waals surface area (Å²) in [6, 6.07) is 18.5. The largest absolute Gasteiger partial charge is 0.497 e. The first-order chi connectivity index (χ1) is 14.5. The van der Waals surface area contributed by atoms with Crippen molar-refractivity contribution in [3.63, 3.8) is 0 Å². The maximum Gasteiger partial charge on any atom is 0.269 e. The average Bonchev–Trinajstić information content (AvgIpc) is 3.07. The Kier molecular flexibility index (Phi) is 5.17. The quantitative estimate of drug-likeness (QED) is 0.334. The Morgan fingerprint density at radius 1 is 1.03 bits per heavy atom. The lowest BCUT2D eigenvalue weighted by atomic mass is 10.1. The first-order valence-electron chi connectivity index (χ1n) is 9.12. The zero-order valence-electron chi connectivity index (χ0n) is 16.0. The normalized spacial score (nSPS) is 13.6. The van der Waals surface area contributed by atoms with Gasteiger partial charge in [0.05, 0.1) is 17.6 Å². The highest BCUT2D eigenvalue weighted by Gasteiger charge is 2.27. The van der Waals surface area contributed by atoms with E-state index < -0.39 is 4.92 Å². The van der Waals surface area contributed by atoms with Gasteiger partial charge in [0.25, 0.3) is 5.69 Å². The van der Waals surface area contributed by atoms with E-state index in [1.165, 1.54) is 12.1 Å². The van der Waals surface area contributed by atoms with Crippen molar-refractivity contribution in [1.29, 1.82) is 0 Å². The first-order valence-corrected chi connectivity index (χ1v) is 9.12. The topological polar surface area (TPSA) is 87.9 Å². The zero-order chi connectivity index (χ0) is 21.1. The second-order valence-electron chi connectivity index (χ2n) is 6.59. The van der Waals surface area contributed by atoms with E-state index in [1.807, 2.05) is 24.3 Å². The standard InChI is InChI=1S/C23H17NO6/c1-28-18-4-2-3-16(11-18)12-22-23(25)20-10-9-19(13-21(20)30-22)29-14-15-5-7-17(8-6-15)24(26)27/h2-13H,14H2,1H3. The summed E-state index contributed by atoms with van der Waals surface area (Å²) in [5.74, 6) is 1.67. The van der Waals surface area contributed by atoms with Crippen LogP contribution in [0.1, 0.15) is 21.5 Å². The third-order valence-corrected chi connectivity index (χ3v) is 4.59. The monoisotopic (exact) mass is 403 g/mol. The van der Waals surface area contributed by atoms with E-state index in [9.17, 15) is 14.9 Å². The summed E-state index contributed by atoms with van der Waals surface area (Å²) in [5, 5.41) is 10.7. The number of nitro benzene ring substituents is 1. The summed E-state index contributed by atoms with van der Waals surface area (Å²) in [4.78, 5) is 22.9. The molecule has 1 heterocycles. The predicted octanol–water partition coefficient (Wildman–Crippen LogP) is 4.80. The number of carbonyl (C=O) groups is 1. The van der Waals surface area contributed by atoms with Gasteiger partial charge in [-0.2, -0.15) is 0 Å². The van der Waals surface area contributed by atoms with Crippen molar-refractivity contribution in [1.82, 2.24) is 0 Å². The number of methoxy groups -OCH3 is 1. The molecule has 150 valence electrons. The lowest BCUT2D eigenvalue weighted by Crippen LogP contribution is -1.98. The summed E-state index contributed by atoms with van der Waals surface area (Å²) in [7, 11) is 1.58. The third kappa shape index (κ3) is 4.00. The molecule has 0 radical (unpaired) electrons. The number of rotatable bonds is 6. The summed E-state index contributed by atoms with van der Waals surface area (Å²) in [5.41, 5.74) is 2.07. The molecule has 4 rings (SSSR count). The number of ether oxygens (including phenoxy) is 3. The number of nitro groups is 1. The van der Waals surface area contributed by atoms with Crippen LogP contribution in [0.4, 0.5) is 5.69 Å². The molecule has 0 aromatic heterocycles. The van der Waals surface area contributed by atoms with Crippen LogP contribution in [-0.4, -0.2) is 17.8 Å². The number of fused-ring (bicyclic) bond motifs is 1. The second-order valence-corrected chi connectivity index (χ2v) is 6.59. The highest BCUT2D eigenvalue weighted by Crippen LogP contribution is 2.35. The van der Waals surface area contributed by atoms with E-state index in [2.05, 4.69) is 0 Å². The van der Waals surface area contributed by atoms with Gasteiger partial charge in [0, 0.05) is 18.2 Å². The van der Waals surface area contributed by atoms with Crippen LogP contribution in [0.15, 0.2) is 72.5 Å². The van der Waals surface area contributed by atoms with Crippen molar-refractivity contribution in [2.24, 2.45) is 0 Å². The van der Waals surface area contributed by atoms with Crippen molar-refractivity contribution in [2.75, 3.05) is 7.11 Å². The number of hydrogen-bond donors (Lipinski definition) is 0. The maximum absolute atomic E-state index is 12.6. The Morgan fingerprint density at radius 2 is 1.83 bits per heavy atom. The number of nitrogens with zero attached hydrogens (tertiary/aromatic N) is 1. The smallest absolute Gasteiger partial charge is 0.269 e. The lowest BCUT2D eigenvalue weighted by molar-refractivity contribution is -0.384.